The smallest absolute Gasteiger partial charge is 0.275 e. The van der Waals surface area contributed by atoms with E-state index in [1.165, 1.54) is 0 Å². The van der Waals surface area contributed by atoms with Crippen LogP contribution in [-0.2, 0) is 0 Å². The third-order valence-corrected chi connectivity index (χ3v) is 4.75. The van der Waals surface area contributed by atoms with Crippen molar-refractivity contribution in [1.82, 2.24) is 20.0 Å². The van der Waals surface area contributed by atoms with Crippen LogP contribution in [0.4, 0.5) is 0 Å². The van der Waals surface area contributed by atoms with Crippen molar-refractivity contribution >= 4 is 10.9 Å². The Morgan fingerprint density at radius 3 is 2.14 bits per heavy atom. The van der Waals surface area contributed by atoms with Gasteiger partial charge in [0, 0.05) is 22.0 Å². The van der Waals surface area contributed by atoms with Gasteiger partial charge in [0.1, 0.15) is 11.4 Å². The Balaban J connectivity index is 1.80. The number of nitrogens with one attached hydrogen (secondary N) is 1. The van der Waals surface area contributed by atoms with Crippen molar-refractivity contribution in [2.75, 3.05) is 0 Å². The van der Waals surface area contributed by atoms with Crippen molar-refractivity contribution in [1.29, 1.82) is 0 Å². The maximum Gasteiger partial charge on any atom is 0.275 e. The fourth-order valence-electron chi connectivity index (χ4n) is 3.46. The van der Waals surface area contributed by atoms with Crippen molar-refractivity contribution in [2.45, 2.75) is 0 Å². The van der Waals surface area contributed by atoms with Crippen LogP contribution >= 0.6 is 0 Å². The first-order chi connectivity index (χ1) is 13.8. The van der Waals surface area contributed by atoms with Crippen LogP contribution in [0.3, 0.4) is 0 Å². The Labute approximate surface area is 160 Å². The molecule has 2 heterocycles. The zero-order chi connectivity index (χ0) is 18.9. The Hall–Kier alpha value is -3.99. The molecule has 134 valence electrons. The van der Waals surface area contributed by atoms with E-state index in [-0.39, 0.29) is 5.56 Å². The number of nitrogens with zero attached hydrogens (tertiary/aromatic N) is 3. The fourth-order valence-corrected chi connectivity index (χ4v) is 3.46. The first-order valence-electron chi connectivity index (χ1n) is 9.00. The number of aromatic nitrogens is 4. The van der Waals surface area contributed by atoms with Crippen LogP contribution in [0.2, 0.25) is 0 Å². The summed E-state index contributed by atoms with van der Waals surface area (Å²) < 4.78 is 1.57. The SMILES string of the molecule is O=c1[nH]c2ccccc2c(-c2ccccc2)c1-n1cc(-c2ccccc2)nn1. The summed E-state index contributed by atoms with van der Waals surface area (Å²) in [6.45, 7) is 0. The molecular formula is C23H16N4O. The average molecular weight is 364 g/mol. The lowest BCUT2D eigenvalue weighted by Crippen LogP contribution is -2.17. The number of rotatable bonds is 3. The zero-order valence-corrected chi connectivity index (χ0v) is 14.9. The Kier molecular flexibility index (Phi) is 3.84. The van der Waals surface area contributed by atoms with Crippen LogP contribution < -0.4 is 5.56 Å². The number of para-hydroxylation sites is 1. The third-order valence-electron chi connectivity index (χ3n) is 4.75. The highest BCUT2D eigenvalue weighted by molar-refractivity contribution is 5.98. The highest BCUT2D eigenvalue weighted by atomic mass is 16.1. The molecule has 5 heteroatoms. The van der Waals surface area contributed by atoms with Gasteiger partial charge in [0.25, 0.3) is 5.56 Å². The summed E-state index contributed by atoms with van der Waals surface area (Å²) in [7, 11) is 0. The Morgan fingerprint density at radius 1 is 0.750 bits per heavy atom. The summed E-state index contributed by atoms with van der Waals surface area (Å²) in [6, 6.07) is 27.5. The minimum Gasteiger partial charge on any atom is -0.320 e. The summed E-state index contributed by atoms with van der Waals surface area (Å²) in [6.07, 6.45) is 1.79. The molecule has 0 radical (unpaired) electrons. The van der Waals surface area contributed by atoms with Crippen LogP contribution in [0, 0.1) is 0 Å². The molecule has 0 fully saturated rings. The number of hydrogen-bond acceptors (Lipinski definition) is 3. The van der Waals surface area contributed by atoms with Gasteiger partial charge >= 0.3 is 0 Å². The summed E-state index contributed by atoms with van der Waals surface area (Å²) in [4.78, 5) is 16.0. The lowest BCUT2D eigenvalue weighted by molar-refractivity contribution is 0.797. The number of aromatic amines is 1. The first-order valence-corrected chi connectivity index (χ1v) is 9.00. The van der Waals surface area contributed by atoms with Crippen LogP contribution in [0.5, 0.6) is 0 Å². The number of pyridine rings is 1. The lowest BCUT2D eigenvalue weighted by atomic mass is 9.99. The molecule has 0 amide bonds. The van der Waals surface area contributed by atoms with Crippen LogP contribution in [0.1, 0.15) is 0 Å². The van der Waals surface area contributed by atoms with Crippen molar-refractivity contribution in [3.05, 3.63) is 101 Å². The zero-order valence-electron chi connectivity index (χ0n) is 14.9. The highest BCUT2D eigenvalue weighted by Gasteiger charge is 2.18. The van der Waals surface area contributed by atoms with Gasteiger partial charge in [0.15, 0.2) is 0 Å². The van der Waals surface area contributed by atoms with Crippen molar-refractivity contribution < 1.29 is 0 Å². The maximum absolute atomic E-state index is 13.0. The maximum atomic E-state index is 13.0. The van der Waals surface area contributed by atoms with Crippen LogP contribution in [0.15, 0.2) is 95.9 Å². The molecule has 0 saturated heterocycles. The largest absolute Gasteiger partial charge is 0.320 e. The fraction of sp³-hybridized carbons (Fsp3) is 0. The minimum absolute atomic E-state index is 0.206. The van der Waals surface area contributed by atoms with E-state index in [0.29, 0.717) is 11.4 Å². The minimum atomic E-state index is -0.206. The molecule has 5 nitrogen and oxygen atoms in total. The molecule has 5 aromatic rings. The van der Waals surface area contributed by atoms with E-state index in [1.807, 2.05) is 84.9 Å². The molecule has 0 aliphatic heterocycles. The molecule has 28 heavy (non-hydrogen) atoms. The van der Waals surface area contributed by atoms with Gasteiger partial charge < -0.3 is 4.98 Å². The molecule has 2 aromatic heterocycles. The van der Waals surface area contributed by atoms with Gasteiger partial charge in [-0.25, -0.2) is 4.68 Å². The van der Waals surface area contributed by atoms with E-state index < -0.39 is 0 Å². The standard InChI is InChI=1S/C23H16N4O/c28-23-22(27-15-20(25-26-27)16-9-3-1-4-10-16)21(17-11-5-2-6-12-17)18-13-7-8-14-19(18)24-23/h1-15H,(H,24,28). The predicted octanol–water partition coefficient (Wildman–Crippen LogP) is 4.44. The average Bonchev–Trinajstić information content (AvgIpc) is 3.24. The molecular weight excluding hydrogens is 348 g/mol. The monoisotopic (exact) mass is 364 g/mol. The molecule has 0 atom stereocenters. The van der Waals surface area contributed by atoms with Crippen LogP contribution in [-0.4, -0.2) is 20.0 Å². The molecule has 0 saturated carbocycles. The van der Waals surface area contributed by atoms with E-state index in [1.54, 1.807) is 10.9 Å². The Bertz CT molecular complexity index is 1320. The number of fused-ring (bicyclic) bond motifs is 1. The number of H-pyrrole nitrogens is 1. The second-order valence-corrected chi connectivity index (χ2v) is 6.50. The summed E-state index contributed by atoms with van der Waals surface area (Å²) in [5, 5.41) is 9.50. The molecule has 0 bridgehead atoms. The van der Waals surface area contributed by atoms with Gasteiger partial charge in [-0.2, -0.15) is 0 Å². The van der Waals surface area contributed by atoms with E-state index in [9.17, 15) is 4.79 Å². The number of hydrogen-bond donors (Lipinski definition) is 1. The van der Waals surface area contributed by atoms with E-state index >= 15 is 0 Å². The van der Waals surface area contributed by atoms with Gasteiger partial charge in [-0.15, -0.1) is 5.10 Å². The molecule has 0 spiro atoms. The lowest BCUT2D eigenvalue weighted by Gasteiger charge is -2.12. The van der Waals surface area contributed by atoms with Gasteiger partial charge in [0.05, 0.1) is 6.20 Å². The summed E-state index contributed by atoms with van der Waals surface area (Å²) >= 11 is 0. The van der Waals surface area contributed by atoms with E-state index in [2.05, 4.69) is 15.3 Å². The molecule has 0 unspecified atom stereocenters. The van der Waals surface area contributed by atoms with Gasteiger partial charge in [0.2, 0.25) is 0 Å². The second kappa shape index (κ2) is 6.63. The quantitative estimate of drug-likeness (QED) is 0.515. The summed E-state index contributed by atoms with van der Waals surface area (Å²) in [5.74, 6) is 0. The normalized spacial score (nSPS) is 11.0. The van der Waals surface area contributed by atoms with E-state index in [4.69, 9.17) is 0 Å². The summed E-state index contributed by atoms with van der Waals surface area (Å²) in [5.41, 5.74) is 4.50. The molecule has 3 aromatic carbocycles. The number of benzene rings is 3. The van der Waals surface area contributed by atoms with Crippen molar-refractivity contribution in [3.8, 4) is 28.1 Å². The van der Waals surface area contributed by atoms with Crippen molar-refractivity contribution in [2.24, 2.45) is 0 Å². The molecule has 0 aliphatic carbocycles. The van der Waals surface area contributed by atoms with Gasteiger partial charge in [-0.1, -0.05) is 84.1 Å². The first kappa shape index (κ1) is 16.2. The topological polar surface area (TPSA) is 63.6 Å². The Morgan fingerprint density at radius 2 is 1.39 bits per heavy atom. The van der Waals surface area contributed by atoms with Crippen molar-refractivity contribution in [3.63, 3.8) is 0 Å². The second-order valence-electron chi connectivity index (χ2n) is 6.50. The molecule has 0 aliphatic rings. The van der Waals surface area contributed by atoms with Crippen LogP contribution in [0.25, 0.3) is 39.0 Å². The molecule has 1 N–H and O–H groups in total. The van der Waals surface area contributed by atoms with Gasteiger partial charge in [-0.3, -0.25) is 4.79 Å². The predicted molar refractivity (Wildman–Crippen MR) is 110 cm³/mol. The van der Waals surface area contributed by atoms with Gasteiger partial charge in [-0.05, 0) is 11.6 Å². The third kappa shape index (κ3) is 2.70. The highest BCUT2D eigenvalue weighted by Crippen LogP contribution is 2.31. The molecule has 5 rings (SSSR count). The van der Waals surface area contributed by atoms with E-state index in [0.717, 1.165) is 27.6 Å².